The summed E-state index contributed by atoms with van der Waals surface area (Å²) >= 11 is 0. The van der Waals surface area contributed by atoms with E-state index in [0.29, 0.717) is 13.1 Å². The van der Waals surface area contributed by atoms with Crippen LogP contribution in [0.25, 0.3) is 0 Å². The second-order valence-electron chi connectivity index (χ2n) is 7.01. The number of carbonyl (C=O) groups excluding carboxylic acids is 1. The van der Waals surface area contributed by atoms with E-state index in [-0.39, 0.29) is 18.2 Å². The van der Waals surface area contributed by atoms with Gasteiger partial charge in [-0.3, -0.25) is 4.90 Å². The first-order valence-corrected chi connectivity index (χ1v) is 7.89. The molecule has 0 saturated carbocycles. The third-order valence-electron chi connectivity index (χ3n) is 3.94. The molecular weight excluding hydrogens is 286 g/mol. The van der Waals surface area contributed by atoms with E-state index in [1.54, 1.807) is 5.06 Å². The van der Waals surface area contributed by atoms with Gasteiger partial charge in [0.15, 0.2) is 0 Å². The van der Waals surface area contributed by atoms with Crippen LogP contribution in [0.3, 0.4) is 0 Å². The second-order valence-corrected chi connectivity index (χ2v) is 7.01. The molecule has 0 amide bonds. The normalized spacial score (nSPS) is 31.8. The van der Waals surface area contributed by atoms with Gasteiger partial charge in [0, 0.05) is 44.8 Å². The van der Waals surface area contributed by atoms with E-state index >= 15 is 0 Å². The van der Waals surface area contributed by atoms with Gasteiger partial charge in [-0.2, -0.15) is 0 Å². The molecule has 0 aliphatic carbocycles. The van der Waals surface area contributed by atoms with Crippen molar-refractivity contribution in [2.75, 3.05) is 32.7 Å². The maximum absolute atomic E-state index is 11.6. The maximum Gasteiger partial charge on any atom is 0.528 e. The Morgan fingerprint density at radius 2 is 1.77 bits per heavy atom. The van der Waals surface area contributed by atoms with E-state index in [1.807, 2.05) is 20.8 Å². The summed E-state index contributed by atoms with van der Waals surface area (Å²) in [5.41, 5.74) is 11.4. The number of piperazine rings is 1. The molecule has 0 aromatic rings. The molecule has 3 unspecified atom stereocenters. The van der Waals surface area contributed by atoms with Gasteiger partial charge in [0.1, 0.15) is 5.60 Å². The monoisotopic (exact) mass is 315 g/mol. The van der Waals surface area contributed by atoms with Crippen LogP contribution in [-0.2, 0) is 9.57 Å². The van der Waals surface area contributed by atoms with Crippen LogP contribution in [0.4, 0.5) is 4.79 Å². The van der Waals surface area contributed by atoms with Crippen molar-refractivity contribution in [1.29, 1.82) is 0 Å². The molecule has 3 atom stereocenters. The fourth-order valence-electron chi connectivity index (χ4n) is 2.70. The summed E-state index contributed by atoms with van der Waals surface area (Å²) in [6.45, 7) is 9.10. The lowest BCUT2D eigenvalue weighted by atomic mass is 9.99. The molecule has 2 rings (SSSR count). The number of carbonyl (C=O) groups is 1. The number of rotatable bonds is 2. The minimum absolute atomic E-state index is 0.0213. The van der Waals surface area contributed by atoms with Crippen LogP contribution in [0.2, 0.25) is 0 Å². The Bertz CT molecular complexity index is 379. The van der Waals surface area contributed by atoms with Gasteiger partial charge < -0.3 is 26.4 Å². The number of nitrogens with zero attached hydrogens (tertiary/aromatic N) is 2. The molecule has 22 heavy (non-hydrogen) atoms. The SMILES string of the molecule is CC(C)(C)OC(=O)ON1CCN(C2CC(N)C(N)CN2)CC1. The van der Waals surface area contributed by atoms with E-state index in [9.17, 15) is 4.79 Å². The molecule has 2 saturated heterocycles. The molecule has 8 heteroatoms. The first-order valence-electron chi connectivity index (χ1n) is 7.89. The first-order chi connectivity index (χ1) is 10.2. The first kappa shape index (κ1) is 17.4. The smallest absolute Gasteiger partial charge is 0.427 e. The Labute approximate surface area is 132 Å². The highest BCUT2D eigenvalue weighted by Crippen LogP contribution is 2.14. The van der Waals surface area contributed by atoms with E-state index < -0.39 is 11.8 Å². The molecule has 0 aromatic heterocycles. The number of hydrogen-bond donors (Lipinski definition) is 3. The Morgan fingerprint density at radius 3 is 2.32 bits per heavy atom. The van der Waals surface area contributed by atoms with Gasteiger partial charge in [-0.1, -0.05) is 0 Å². The molecule has 2 aliphatic heterocycles. The average Bonchev–Trinajstić information content (AvgIpc) is 2.40. The van der Waals surface area contributed by atoms with Crippen LogP contribution in [0.15, 0.2) is 0 Å². The molecule has 2 aliphatic rings. The highest BCUT2D eigenvalue weighted by atomic mass is 16.8. The molecule has 2 fully saturated rings. The van der Waals surface area contributed by atoms with Crippen LogP contribution in [0.5, 0.6) is 0 Å². The number of hydrogen-bond acceptors (Lipinski definition) is 8. The number of hydroxylamine groups is 2. The van der Waals surface area contributed by atoms with Crippen molar-refractivity contribution in [1.82, 2.24) is 15.3 Å². The molecule has 5 N–H and O–H groups in total. The van der Waals surface area contributed by atoms with E-state index in [2.05, 4.69) is 10.2 Å². The van der Waals surface area contributed by atoms with Crippen LogP contribution < -0.4 is 16.8 Å². The van der Waals surface area contributed by atoms with Crippen molar-refractivity contribution in [3.8, 4) is 0 Å². The van der Waals surface area contributed by atoms with Crippen molar-refractivity contribution < 1.29 is 14.4 Å². The number of nitrogens with one attached hydrogen (secondary N) is 1. The summed E-state index contributed by atoms with van der Waals surface area (Å²) in [5.74, 6) is 0. The molecule has 0 aromatic carbocycles. The van der Waals surface area contributed by atoms with Gasteiger partial charge in [0.2, 0.25) is 0 Å². The molecule has 0 bridgehead atoms. The van der Waals surface area contributed by atoms with E-state index in [1.165, 1.54) is 0 Å². The molecule has 0 spiro atoms. The zero-order chi connectivity index (χ0) is 16.3. The Kier molecular flexibility index (Phi) is 5.62. The van der Waals surface area contributed by atoms with Gasteiger partial charge in [0.05, 0.1) is 6.17 Å². The molecule has 8 nitrogen and oxygen atoms in total. The number of piperidine rings is 1. The Balaban J connectivity index is 1.73. The third-order valence-corrected chi connectivity index (χ3v) is 3.94. The lowest BCUT2D eigenvalue weighted by Gasteiger charge is -2.42. The van der Waals surface area contributed by atoms with Crippen molar-refractivity contribution in [2.45, 2.75) is 51.0 Å². The molecular formula is C14H29N5O3. The van der Waals surface area contributed by atoms with Crippen LogP contribution in [0.1, 0.15) is 27.2 Å². The maximum atomic E-state index is 11.6. The van der Waals surface area contributed by atoms with Crippen molar-refractivity contribution in [3.05, 3.63) is 0 Å². The van der Waals surface area contributed by atoms with Crippen LogP contribution in [-0.4, -0.2) is 72.7 Å². The fraction of sp³-hybridized carbons (Fsp3) is 0.929. The Morgan fingerprint density at radius 1 is 1.14 bits per heavy atom. The minimum atomic E-state index is -0.648. The van der Waals surface area contributed by atoms with Crippen molar-refractivity contribution >= 4 is 6.16 Å². The van der Waals surface area contributed by atoms with Crippen molar-refractivity contribution in [3.63, 3.8) is 0 Å². The summed E-state index contributed by atoms with van der Waals surface area (Å²) in [6.07, 6.45) is 0.442. The van der Waals surface area contributed by atoms with E-state index in [4.69, 9.17) is 21.0 Å². The average molecular weight is 315 g/mol. The van der Waals surface area contributed by atoms with Gasteiger partial charge >= 0.3 is 6.16 Å². The van der Waals surface area contributed by atoms with Crippen LogP contribution in [0, 0.1) is 0 Å². The zero-order valence-electron chi connectivity index (χ0n) is 13.7. The predicted molar refractivity (Wildman–Crippen MR) is 82.8 cm³/mol. The summed E-state index contributed by atoms with van der Waals surface area (Å²) < 4.78 is 5.15. The molecule has 128 valence electrons. The fourth-order valence-corrected chi connectivity index (χ4v) is 2.70. The Hall–Kier alpha value is -0.930. The number of nitrogens with two attached hydrogens (primary N) is 2. The lowest BCUT2D eigenvalue weighted by molar-refractivity contribution is -0.162. The van der Waals surface area contributed by atoms with Crippen LogP contribution >= 0.6 is 0 Å². The summed E-state index contributed by atoms with van der Waals surface area (Å²) in [5, 5.41) is 5.08. The number of ether oxygens (including phenoxy) is 1. The lowest BCUT2D eigenvalue weighted by Crippen LogP contribution is -2.64. The second kappa shape index (κ2) is 7.10. The van der Waals surface area contributed by atoms with Gasteiger partial charge in [-0.25, -0.2) is 4.79 Å². The predicted octanol–water partition coefficient (Wildman–Crippen LogP) is -0.555. The van der Waals surface area contributed by atoms with Crippen molar-refractivity contribution in [2.24, 2.45) is 11.5 Å². The highest BCUT2D eigenvalue weighted by molar-refractivity contribution is 5.60. The summed E-state index contributed by atoms with van der Waals surface area (Å²) in [4.78, 5) is 19.2. The third kappa shape index (κ3) is 5.06. The van der Waals surface area contributed by atoms with Gasteiger partial charge in [-0.05, 0) is 27.2 Å². The standard InChI is InChI=1S/C14H29N5O3/c1-14(2,3)21-13(20)22-19-6-4-18(5-7-19)12-8-10(15)11(16)9-17-12/h10-12,17H,4-9,15-16H2,1-3H3. The topological polar surface area (TPSA) is 106 Å². The largest absolute Gasteiger partial charge is 0.528 e. The quantitative estimate of drug-likeness (QED) is 0.583. The zero-order valence-corrected chi connectivity index (χ0v) is 13.7. The highest BCUT2D eigenvalue weighted by Gasteiger charge is 2.32. The van der Waals surface area contributed by atoms with Gasteiger partial charge in [-0.15, -0.1) is 5.06 Å². The van der Waals surface area contributed by atoms with Gasteiger partial charge in [0.25, 0.3) is 0 Å². The summed E-state index contributed by atoms with van der Waals surface area (Å²) in [7, 11) is 0. The molecule has 2 heterocycles. The summed E-state index contributed by atoms with van der Waals surface area (Å²) in [6, 6.07) is 0.0512. The molecule has 0 radical (unpaired) electrons. The minimum Gasteiger partial charge on any atom is -0.427 e. The van der Waals surface area contributed by atoms with E-state index in [0.717, 1.165) is 26.1 Å².